The van der Waals surface area contributed by atoms with E-state index in [-0.39, 0.29) is 15.6 Å². The van der Waals surface area contributed by atoms with Crippen molar-refractivity contribution >= 4 is 40.9 Å². The van der Waals surface area contributed by atoms with Crippen molar-refractivity contribution in [1.82, 2.24) is 5.32 Å². The molecule has 8 heteroatoms. The van der Waals surface area contributed by atoms with Crippen LogP contribution in [-0.4, -0.2) is 17.7 Å². The highest BCUT2D eigenvalue weighted by Crippen LogP contribution is 2.24. The van der Waals surface area contributed by atoms with Gasteiger partial charge in [0.15, 0.2) is 0 Å². The van der Waals surface area contributed by atoms with E-state index in [1.165, 1.54) is 12.1 Å². The van der Waals surface area contributed by atoms with Crippen LogP contribution in [0, 0.1) is 0 Å². The van der Waals surface area contributed by atoms with E-state index in [4.69, 9.17) is 32.5 Å². The minimum Gasteiger partial charge on any atom is -0.469 e. The maximum Gasteiger partial charge on any atom is 0.440 e. The quantitative estimate of drug-likeness (QED) is 0.637. The highest BCUT2D eigenvalue weighted by Gasteiger charge is 2.21. The topological polar surface area (TPSA) is 80.9 Å². The van der Waals surface area contributed by atoms with E-state index in [2.05, 4.69) is 5.16 Å². The van der Waals surface area contributed by atoms with Crippen LogP contribution in [0.5, 0.6) is 0 Å². The molecule has 0 unspecified atom stereocenters. The monoisotopic (exact) mass is 366 g/mol. The number of hydrogen-bond acceptors (Lipinski definition) is 5. The zero-order valence-corrected chi connectivity index (χ0v) is 13.9. The Bertz CT molecular complexity index is 809. The first kappa shape index (κ1) is 16.5. The summed E-state index contributed by atoms with van der Waals surface area (Å²) in [4.78, 5) is 28.6. The molecular formula is C16H12Cl2N2O4. The van der Waals surface area contributed by atoms with Gasteiger partial charge in [-0.15, -0.1) is 0 Å². The van der Waals surface area contributed by atoms with Crippen molar-refractivity contribution < 1.29 is 18.8 Å². The number of nitrogens with zero attached hydrogens (tertiary/aromatic N) is 1. The first-order valence-electron chi connectivity index (χ1n) is 7.16. The lowest BCUT2D eigenvalue weighted by atomic mass is 9.97. The number of amides is 2. The summed E-state index contributed by atoms with van der Waals surface area (Å²) in [6, 6.07) is 6.35. The van der Waals surface area contributed by atoms with Crippen molar-refractivity contribution in [3.63, 3.8) is 0 Å². The van der Waals surface area contributed by atoms with Gasteiger partial charge < -0.3 is 4.42 Å². The lowest BCUT2D eigenvalue weighted by Crippen LogP contribution is -2.30. The number of nitrogens with one attached hydrogen (secondary N) is 1. The number of benzene rings is 1. The van der Waals surface area contributed by atoms with Gasteiger partial charge in [-0.3, -0.25) is 14.9 Å². The number of oxime groups is 1. The Labute approximate surface area is 147 Å². The molecule has 0 spiro atoms. The zero-order valence-electron chi connectivity index (χ0n) is 12.3. The Morgan fingerprint density at radius 3 is 2.67 bits per heavy atom. The van der Waals surface area contributed by atoms with Crippen molar-refractivity contribution in [3.8, 4) is 0 Å². The van der Waals surface area contributed by atoms with Gasteiger partial charge in [0.05, 0.1) is 27.6 Å². The summed E-state index contributed by atoms with van der Waals surface area (Å²) in [5.41, 5.74) is 1.41. The van der Waals surface area contributed by atoms with Crippen molar-refractivity contribution in [2.45, 2.75) is 19.3 Å². The van der Waals surface area contributed by atoms with Crippen molar-refractivity contribution in [1.29, 1.82) is 0 Å². The van der Waals surface area contributed by atoms with Gasteiger partial charge in [-0.2, -0.15) is 0 Å². The van der Waals surface area contributed by atoms with Crippen LogP contribution in [0.3, 0.4) is 0 Å². The summed E-state index contributed by atoms with van der Waals surface area (Å²) in [7, 11) is 0. The minimum absolute atomic E-state index is 0.000207. The second-order valence-corrected chi connectivity index (χ2v) is 5.89. The van der Waals surface area contributed by atoms with Gasteiger partial charge in [-0.25, -0.2) is 4.79 Å². The Hall–Kier alpha value is -2.31. The molecule has 0 aliphatic heterocycles. The normalized spacial score (nSPS) is 15.0. The second-order valence-electron chi connectivity index (χ2n) is 5.08. The maximum atomic E-state index is 12.1. The van der Waals surface area contributed by atoms with Crippen LogP contribution >= 0.6 is 23.2 Å². The third-order valence-corrected chi connectivity index (χ3v) is 4.15. The van der Waals surface area contributed by atoms with Crippen LogP contribution < -0.4 is 5.32 Å². The molecule has 24 heavy (non-hydrogen) atoms. The Kier molecular flexibility index (Phi) is 4.87. The predicted molar refractivity (Wildman–Crippen MR) is 88.6 cm³/mol. The molecule has 3 rings (SSSR count). The fourth-order valence-electron chi connectivity index (χ4n) is 2.43. The van der Waals surface area contributed by atoms with Crippen LogP contribution in [-0.2, 0) is 11.3 Å². The number of imide groups is 1. The summed E-state index contributed by atoms with van der Waals surface area (Å²) < 4.78 is 5.32. The molecule has 124 valence electrons. The van der Waals surface area contributed by atoms with Gasteiger partial charge in [0.2, 0.25) is 0 Å². The van der Waals surface area contributed by atoms with E-state index >= 15 is 0 Å². The fourth-order valence-corrected chi connectivity index (χ4v) is 3.00. The molecule has 2 aromatic rings. The molecule has 0 saturated heterocycles. The molecule has 0 atom stereocenters. The van der Waals surface area contributed by atoms with Gasteiger partial charge >= 0.3 is 6.09 Å². The van der Waals surface area contributed by atoms with E-state index in [9.17, 15) is 9.59 Å². The molecule has 0 bridgehead atoms. The Morgan fingerprint density at radius 1 is 1.17 bits per heavy atom. The van der Waals surface area contributed by atoms with Gasteiger partial charge in [0, 0.05) is 12.0 Å². The zero-order chi connectivity index (χ0) is 17.1. The predicted octanol–water partition coefficient (Wildman–Crippen LogP) is 4.19. The van der Waals surface area contributed by atoms with E-state index < -0.39 is 12.0 Å². The highest BCUT2D eigenvalue weighted by molar-refractivity contribution is 6.40. The largest absolute Gasteiger partial charge is 0.469 e. The first-order valence-corrected chi connectivity index (χ1v) is 7.92. The summed E-state index contributed by atoms with van der Waals surface area (Å²) in [5.74, 6) is 0.0476. The summed E-state index contributed by atoms with van der Waals surface area (Å²) >= 11 is 11.8. The van der Waals surface area contributed by atoms with Gasteiger partial charge in [0.25, 0.3) is 5.91 Å². The van der Waals surface area contributed by atoms with Gasteiger partial charge in [-0.05, 0) is 31.0 Å². The van der Waals surface area contributed by atoms with Gasteiger partial charge in [-0.1, -0.05) is 34.4 Å². The van der Waals surface area contributed by atoms with Gasteiger partial charge in [0.1, 0.15) is 5.76 Å². The smallest absolute Gasteiger partial charge is 0.440 e. The number of aryl methyl sites for hydroxylation is 1. The molecule has 6 nitrogen and oxygen atoms in total. The average Bonchev–Trinajstić information content (AvgIpc) is 3.01. The summed E-state index contributed by atoms with van der Waals surface area (Å²) in [6.45, 7) is 0. The number of hydrogen-bond donors (Lipinski definition) is 1. The lowest BCUT2D eigenvalue weighted by molar-refractivity contribution is 0.0923. The third kappa shape index (κ3) is 3.44. The van der Waals surface area contributed by atoms with Crippen LogP contribution in [0.25, 0.3) is 0 Å². The van der Waals surface area contributed by atoms with E-state index in [1.807, 2.05) is 5.32 Å². The first-order chi connectivity index (χ1) is 11.6. The SMILES string of the molecule is O=C(NC(=O)c1c(Cl)cccc1Cl)ON=C1CCCc2occc21. The Morgan fingerprint density at radius 2 is 1.92 bits per heavy atom. The van der Waals surface area contributed by atoms with Crippen LogP contribution in [0.2, 0.25) is 10.0 Å². The number of fused-ring (bicyclic) bond motifs is 1. The fraction of sp³-hybridized carbons (Fsp3) is 0.188. The van der Waals surface area contributed by atoms with Crippen molar-refractivity contribution in [2.75, 3.05) is 0 Å². The summed E-state index contributed by atoms with van der Waals surface area (Å²) in [5, 5.41) is 6.12. The molecule has 2 amide bonds. The van der Waals surface area contributed by atoms with Crippen LogP contribution in [0.4, 0.5) is 4.79 Å². The number of carbonyl (C=O) groups excluding carboxylic acids is 2. The highest BCUT2D eigenvalue weighted by atomic mass is 35.5. The molecular weight excluding hydrogens is 355 g/mol. The van der Waals surface area contributed by atoms with Crippen molar-refractivity contribution in [3.05, 3.63) is 57.5 Å². The number of halogens is 2. The van der Waals surface area contributed by atoms with Crippen molar-refractivity contribution in [2.24, 2.45) is 5.16 Å². The standard InChI is InChI=1S/C16H12Cl2N2O4/c17-10-3-1-4-11(18)14(10)15(21)19-16(22)24-20-12-5-2-6-13-9(12)7-8-23-13/h1,3-4,7-8H,2,5-6H2,(H,19,21,22). The average molecular weight is 367 g/mol. The molecule has 1 aromatic carbocycles. The maximum absolute atomic E-state index is 12.1. The van der Waals surface area contributed by atoms with E-state index in [0.717, 1.165) is 24.2 Å². The number of rotatable bonds is 2. The molecule has 1 heterocycles. The van der Waals surface area contributed by atoms with E-state index in [1.54, 1.807) is 18.4 Å². The number of carbonyl (C=O) groups is 2. The molecule has 1 aliphatic carbocycles. The Balaban J connectivity index is 1.67. The molecule has 0 fully saturated rings. The summed E-state index contributed by atoms with van der Waals surface area (Å²) in [6.07, 6.45) is 2.87. The number of furan rings is 1. The molecule has 1 N–H and O–H groups in total. The molecule has 0 saturated carbocycles. The molecule has 1 aliphatic rings. The lowest BCUT2D eigenvalue weighted by Gasteiger charge is -2.11. The van der Waals surface area contributed by atoms with Crippen LogP contribution in [0.1, 0.15) is 34.5 Å². The third-order valence-electron chi connectivity index (χ3n) is 3.52. The second kappa shape index (κ2) is 7.07. The minimum atomic E-state index is -1.01. The van der Waals surface area contributed by atoms with E-state index in [0.29, 0.717) is 12.1 Å². The molecule has 1 aromatic heterocycles. The van der Waals surface area contributed by atoms with Crippen LogP contribution in [0.15, 0.2) is 40.1 Å². The molecule has 0 radical (unpaired) electrons.